The Balaban J connectivity index is 2.24. The molecule has 20 heavy (non-hydrogen) atoms. The molecule has 0 amide bonds. The van der Waals surface area contributed by atoms with Gasteiger partial charge >= 0.3 is 0 Å². The van der Waals surface area contributed by atoms with Crippen LogP contribution in [0.4, 0.5) is 16.0 Å². The van der Waals surface area contributed by atoms with Gasteiger partial charge in [-0.05, 0) is 39.0 Å². The summed E-state index contributed by atoms with van der Waals surface area (Å²) in [5, 5.41) is 3.02. The molecule has 4 nitrogen and oxygen atoms in total. The van der Waals surface area contributed by atoms with E-state index in [1.54, 1.807) is 12.1 Å². The minimum absolute atomic E-state index is 0.0254. The van der Waals surface area contributed by atoms with Crippen LogP contribution >= 0.6 is 11.6 Å². The summed E-state index contributed by atoms with van der Waals surface area (Å²) in [5.74, 6) is 0.401. The van der Waals surface area contributed by atoms with E-state index in [4.69, 9.17) is 16.3 Å². The minimum atomic E-state index is -0.466. The van der Waals surface area contributed by atoms with Gasteiger partial charge in [0, 0.05) is 17.4 Å². The number of nitrogens with one attached hydrogen (secondary N) is 1. The smallest absolute Gasteiger partial charge is 0.230 e. The topological polar surface area (TPSA) is 47.0 Å². The fourth-order valence-corrected chi connectivity index (χ4v) is 1.78. The first-order valence-corrected chi connectivity index (χ1v) is 6.56. The Morgan fingerprint density at radius 2 is 2.00 bits per heavy atom. The van der Waals surface area contributed by atoms with E-state index in [1.165, 1.54) is 12.1 Å². The molecule has 0 radical (unpaired) electrons. The summed E-state index contributed by atoms with van der Waals surface area (Å²) in [6.07, 6.45) is 0.0254. The lowest BCUT2D eigenvalue weighted by Gasteiger charge is -2.11. The van der Waals surface area contributed by atoms with Crippen molar-refractivity contribution in [3.8, 4) is 5.88 Å². The van der Waals surface area contributed by atoms with E-state index in [2.05, 4.69) is 15.3 Å². The van der Waals surface area contributed by atoms with Crippen LogP contribution in [-0.4, -0.2) is 16.1 Å². The average molecular weight is 296 g/mol. The molecular formula is C14H15ClFN3O. The Labute approximate surface area is 122 Å². The Bertz CT molecular complexity index is 619. The molecule has 0 aliphatic rings. The lowest BCUT2D eigenvalue weighted by molar-refractivity contribution is 0.232. The lowest BCUT2D eigenvalue weighted by Crippen LogP contribution is -2.09. The molecule has 0 saturated carbocycles. The highest BCUT2D eigenvalue weighted by molar-refractivity contribution is 6.31. The van der Waals surface area contributed by atoms with Crippen LogP contribution in [0.2, 0.25) is 5.02 Å². The van der Waals surface area contributed by atoms with Crippen molar-refractivity contribution < 1.29 is 9.13 Å². The van der Waals surface area contributed by atoms with Gasteiger partial charge in [0.1, 0.15) is 5.82 Å². The van der Waals surface area contributed by atoms with Crippen molar-refractivity contribution in [2.24, 2.45) is 0 Å². The summed E-state index contributed by atoms with van der Waals surface area (Å²) < 4.78 is 18.6. The molecule has 0 bridgehead atoms. The zero-order valence-corrected chi connectivity index (χ0v) is 12.2. The van der Waals surface area contributed by atoms with Gasteiger partial charge in [-0.25, -0.2) is 9.37 Å². The number of halogens is 2. The summed E-state index contributed by atoms with van der Waals surface area (Å²) in [6, 6.07) is 6.08. The number of rotatable bonds is 4. The third kappa shape index (κ3) is 3.81. The molecule has 2 aromatic rings. The van der Waals surface area contributed by atoms with Crippen LogP contribution in [0.25, 0.3) is 0 Å². The first kappa shape index (κ1) is 14.5. The van der Waals surface area contributed by atoms with Crippen LogP contribution in [0, 0.1) is 12.7 Å². The SMILES string of the molecule is Cc1cc(OC(C)C)nc(Nc2ccc(F)c(Cl)c2)n1. The van der Waals surface area contributed by atoms with Gasteiger partial charge in [-0.3, -0.25) is 0 Å². The second-order valence-electron chi connectivity index (χ2n) is 4.59. The Morgan fingerprint density at radius 3 is 2.65 bits per heavy atom. The standard InChI is InChI=1S/C14H15ClFN3O/c1-8(2)20-13-6-9(3)17-14(19-13)18-10-4-5-12(16)11(15)7-10/h4-8H,1-3H3,(H,17,18,19). The van der Waals surface area contributed by atoms with E-state index in [-0.39, 0.29) is 11.1 Å². The molecule has 1 aromatic carbocycles. The van der Waals surface area contributed by atoms with Crippen LogP contribution in [0.5, 0.6) is 5.88 Å². The summed E-state index contributed by atoms with van der Waals surface area (Å²) in [6.45, 7) is 5.69. The third-order valence-electron chi connectivity index (χ3n) is 2.36. The molecule has 0 aliphatic heterocycles. The summed E-state index contributed by atoms with van der Waals surface area (Å²) >= 11 is 5.73. The molecule has 0 fully saturated rings. The van der Waals surface area contributed by atoms with Crippen molar-refractivity contribution in [1.82, 2.24) is 9.97 Å². The maximum absolute atomic E-state index is 13.1. The summed E-state index contributed by atoms with van der Waals surface area (Å²) in [5.41, 5.74) is 1.38. The van der Waals surface area contributed by atoms with Crippen LogP contribution in [-0.2, 0) is 0 Å². The van der Waals surface area contributed by atoms with Gasteiger partial charge in [0.2, 0.25) is 11.8 Å². The Hall–Kier alpha value is -1.88. The molecular weight excluding hydrogens is 281 g/mol. The van der Waals surface area contributed by atoms with Crippen molar-refractivity contribution in [3.63, 3.8) is 0 Å². The second kappa shape index (κ2) is 6.05. The average Bonchev–Trinajstić information content (AvgIpc) is 2.32. The lowest BCUT2D eigenvalue weighted by atomic mass is 10.3. The van der Waals surface area contributed by atoms with Crippen molar-refractivity contribution in [1.29, 1.82) is 0 Å². The van der Waals surface area contributed by atoms with Crippen LogP contribution < -0.4 is 10.1 Å². The quantitative estimate of drug-likeness (QED) is 0.922. The molecule has 1 N–H and O–H groups in total. The fraction of sp³-hybridized carbons (Fsp3) is 0.286. The second-order valence-corrected chi connectivity index (χ2v) is 5.00. The summed E-state index contributed by atoms with van der Waals surface area (Å²) in [7, 11) is 0. The monoisotopic (exact) mass is 295 g/mol. The number of nitrogens with zero attached hydrogens (tertiary/aromatic N) is 2. The van der Waals surface area contributed by atoms with Gasteiger partial charge in [-0.1, -0.05) is 11.6 Å². The van der Waals surface area contributed by atoms with Crippen LogP contribution in [0.1, 0.15) is 19.5 Å². The Kier molecular flexibility index (Phi) is 4.39. The zero-order valence-electron chi connectivity index (χ0n) is 11.4. The number of anilines is 2. The molecule has 2 rings (SSSR count). The first-order chi connectivity index (χ1) is 9.44. The number of hydrogen-bond acceptors (Lipinski definition) is 4. The molecule has 0 unspecified atom stereocenters. The Morgan fingerprint density at radius 1 is 1.25 bits per heavy atom. The molecule has 0 aliphatic carbocycles. The largest absolute Gasteiger partial charge is 0.475 e. The number of benzene rings is 1. The van der Waals surface area contributed by atoms with Crippen molar-refractivity contribution in [2.45, 2.75) is 26.9 Å². The van der Waals surface area contributed by atoms with E-state index >= 15 is 0 Å². The molecule has 106 valence electrons. The molecule has 0 spiro atoms. The van der Waals surface area contributed by atoms with Crippen LogP contribution in [0.15, 0.2) is 24.3 Å². The van der Waals surface area contributed by atoms with Gasteiger partial charge in [0.15, 0.2) is 0 Å². The fourth-order valence-electron chi connectivity index (χ4n) is 1.60. The number of hydrogen-bond donors (Lipinski definition) is 1. The van der Waals surface area contributed by atoms with Gasteiger partial charge in [0.05, 0.1) is 11.1 Å². The first-order valence-electron chi connectivity index (χ1n) is 6.18. The normalized spacial score (nSPS) is 10.7. The maximum Gasteiger partial charge on any atom is 0.230 e. The van der Waals surface area contributed by atoms with Gasteiger partial charge in [-0.15, -0.1) is 0 Å². The van der Waals surface area contributed by atoms with Crippen LogP contribution in [0.3, 0.4) is 0 Å². The zero-order chi connectivity index (χ0) is 14.7. The van der Waals surface area contributed by atoms with Crippen molar-refractivity contribution >= 4 is 23.2 Å². The molecule has 0 saturated heterocycles. The van der Waals surface area contributed by atoms with Gasteiger partial charge < -0.3 is 10.1 Å². The van der Waals surface area contributed by atoms with Gasteiger partial charge in [0.25, 0.3) is 0 Å². The highest BCUT2D eigenvalue weighted by Gasteiger charge is 2.07. The maximum atomic E-state index is 13.1. The molecule has 0 atom stereocenters. The predicted octanol–water partition coefficient (Wildman–Crippen LogP) is 4.11. The van der Waals surface area contributed by atoms with Crippen molar-refractivity contribution in [3.05, 3.63) is 40.8 Å². The molecule has 1 heterocycles. The van der Waals surface area contributed by atoms with E-state index in [1.807, 2.05) is 20.8 Å². The van der Waals surface area contributed by atoms with E-state index in [0.29, 0.717) is 17.5 Å². The summed E-state index contributed by atoms with van der Waals surface area (Å²) in [4.78, 5) is 8.49. The van der Waals surface area contributed by atoms with E-state index in [9.17, 15) is 4.39 Å². The predicted molar refractivity (Wildman–Crippen MR) is 77.2 cm³/mol. The third-order valence-corrected chi connectivity index (χ3v) is 2.65. The van der Waals surface area contributed by atoms with Gasteiger partial charge in [-0.2, -0.15) is 4.98 Å². The number of aryl methyl sites for hydroxylation is 1. The molecule has 1 aromatic heterocycles. The minimum Gasteiger partial charge on any atom is -0.475 e. The van der Waals surface area contributed by atoms with Crippen molar-refractivity contribution in [2.75, 3.05) is 5.32 Å². The molecule has 6 heteroatoms. The number of ether oxygens (including phenoxy) is 1. The van der Waals surface area contributed by atoms with E-state index in [0.717, 1.165) is 5.69 Å². The highest BCUT2D eigenvalue weighted by atomic mass is 35.5. The highest BCUT2D eigenvalue weighted by Crippen LogP contribution is 2.22. The van der Waals surface area contributed by atoms with E-state index < -0.39 is 5.82 Å². The number of aromatic nitrogens is 2.